The van der Waals surface area contributed by atoms with Crippen LogP contribution in [-0.4, -0.2) is 26.2 Å². The molecule has 2 aromatic heterocycles. The number of hydrogen-bond acceptors (Lipinski definition) is 3. The average Bonchev–Trinajstić information content (AvgIpc) is 3.08. The summed E-state index contributed by atoms with van der Waals surface area (Å²) in [6.07, 6.45) is 6.54. The number of nitrogens with zero attached hydrogens (tertiary/aromatic N) is 4. The summed E-state index contributed by atoms with van der Waals surface area (Å²) >= 11 is 0. The Kier molecular flexibility index (Phi) is 5.29. The van der Waals surface area contributed by atoms with Crippen molar-refractivity contribution < 1.29 is 4.39 Å². The normalized spacial score (nSPS) is 12.8. The second-order valence-corrected chi connectivity index (χ2v) is 4.93. The van der Waals surface area contributed by atoms with Gasteiger partial charge in [-0.3, -0.25) is 9.36 Å². The van der Waals surface area contributed by atoms with Crippen LogP contribution in [0, 0.1) is 0 Å². The second-order valence-electron chi connectivity index (χ2n) is 4.93. The summed E-state index contributed by atoms with van der Waals surface area (Å²) in [6.45, 7) is 5.74. The van der Waals surface area contributed by atoms with Crippen molar-refractivity contribution in [1.29, 1.82) is 0 Å². The van der Waals surface area contributed by atoms with Crippen molar-refractivity contribution in [3.63, 3.8) is 0 Å². The van der Waals surface area contributed by atoms with Crippen LogP contribution in [0.25, 0.3) is 0 Å². The van der Waals surface area contributed by atoms with Gasteiger partial charge < -0.3 is 5.32 Å². The van der Waals surface area contributed by atoms with E-state index >= 15 is 0 Å². The molecule has 20 heavy (non-hydrogen) atoms. The van der Waals surface area contributed by atoms with Gasteiger partial charge in [-0.25, -0.2) is 4.39 Å². The van der Waals surface area contributed by atoms with E-state index in [1.165, 1.54) is 5.69 Å². The smallest absolute Gasteiger partial charge is 0.109 e. The third kappa shape index (κ3) is 3.66. The average molecular weight is 279 g/mol. The Hall–Kier alpha value is -1.69. The quantitative estimate of drug-likeness (QED) is 0.806. The number of hydrogen-bond donors (Lipinski definition) is 1. The molecule has 0 bridgehead atoms. The maximum absolute atomic E-state index is 12.2. The minimum absolute atomic E-state index is 0.320. The minimum atomic E-state index is -0.386. The lowest BCUT2D eigenvalue weighted by atomic mass is 10.2. The summed E-state index contributed by atoms with van der Waals surface area (Å²) < 4.78 is 15.9. The summed E-state index contributed by atoms with van der Waals surface area (Å²) in [5, 5.41) is 11.8. The van der Waals surface area contributed by atoms with E-state index in [1.54, 1.807) is 10.9 Å². The standard InChI is InChI=1S/C14H22FN5/c1-3-12(2)20-14(4-6-17-20)10-16-8-13-9-18-19(11-13)7-5-15/h4,6,9,11-12,16H,3,5,7-8,10H2,1-2H3/t12-/m0/s1. The molecule has 0 radical (unpaired) electrons. The summed E-state index contributed by atoms with van der Waals surface area (Å²) in [4.78, 5) is 0. The molecule has 0 saturated heterocycles. The van der Waals surface area contributed by atoms with E-state index in [4.69, 9.17) is 0 Å². The third-order valence-electron chi connectivity index (χ3n) is 3.40. The van der Waals surface area contributed by atoms with Crippen LogP contribution in [0.3, 0.4) is 0 Å². The Morgan fingerprint density at radius 2 is 2.20 bits per heavy atom. The fraction of sp³-hybridized carbons (Fsp3) is 0.571. The van der Waals surface area contributed by atoms with Crippen LogP contribution in [0.2, 0.25) is 0 Å². The first kappa shape index (κ1) is 14.7. The fourth-order valence-corrected chi connectivity index (χ4v) is 2.09. The maximum atomic E-state index is 12.2. The lowest BCUT2D eigenvalue weighted by molar-refractivity contribution is 0.427. The van der Waals surface area contributed by atoms with E-state index in [2.05, 4.69) is 34.0 Å². The first-order valence-electron chi connectivity index (χ1n) is 7.05. The Morgan fingerprint density at radius 3 is 2.95 bits per heavy atom. The van der Waals surface area contributed by atoms with Gasteiger partial charge in [-0.2, -0.15) is 10.2 Å². The molecule has 1 N–H and O–H groups in total. The van der Waals surface area contributed by atoms with Crippen LogP contribution in [0.1, 0.15) is 37.6 Å². The molecule has 6 heteroatoms. The van der Waals surface area contributed by atoms with Gasteiger partial charge in [-0.1, -0.05) is 6.92 Å². The Labute approximate surface area is 118 Å². The van der Waals surface area contributed by atoms with Gasteiger partial charge >= 0.3 is 0 Å². The van der Waals surface area contributed by atoms with Gasteiger partial charge in [0.25, 0.3) is 0 Å². The van der Waals surface area contributed by atoms with Crippen LogP contribution < -0.4 is 5.32 Å². The number of aryl methyl sites for hydroxylation is 1. The topological polar surface area (TPSA) is 47.7 Å². The van der Waals surface area contributed by atoms with E-state index in [9.17, 15) is 4.39 Å². The molecule has 0 fully saturated rings. The first-order chi connectivity index (χ1) is 9.74. The number of nitrogens with one attached hydrogen (secondary N) is 1. The van der Waals surface area contributed by atoms with Gasteiger partial charge in [0.05, 0.1) is 18.4 Å². The molecule has 2 rings (SSSR count). The first-order valence-corrected chi connectivity index (χ1v) is 7.05. The van der Waals surface area contributed by atoms with E-state index in [-0.39, 0.29) is 6.67 Å². The molecule has 1 atom stereocenters. The van der Waals surface area contributed by atoms with Gasteiger partial charge in [0.1, 0.15) is 6.67 Å². The zero-order chi connectivity index (χ0) is 14.4. The molecule has 0 aliphatic rings. The largest absolute Gasteiger partial charge is 0.307 e. The molecule has 0 amide bonds. The Balaban J connectivity index is 1.84. The molecule has 0 spiro atoms. The molecule has 2 heterocycles. The summed E-state index contributed by atoms with van der Waals surface area (Å²) in [7, 11) is 0. The Bertz CT molecular complexity index is 519. The van der Waals surface area contributed by atoms with Crippen molar-refractivity contribution in [1.82, 2.24) is 24.9 Å². The lowest BCUT2D eigenvalue weighted by Gasteiger charge is -2.13. The zero-order valence-corrected chi connectivity index (χ0v) is 12.1. The van der Waals surface area contributed by atoms with Crippen molar-refractivity contribution in [2.75, 3.05) is 6.67 Å². The maximum Gasteiger partial charge on any atom is 0.109 e. The number of halogens is 1. The minimum Gasteiger partial charge on any atom is -0.307 e. The van der Waals surface area contributed by atoms with E-state index in [0.717, 1.165) is 25.1 Å². The zero-order valence-electron chi connectivity index (χ0n) is 12.1. The van der Waals surface area contributed by atoms with Gasteiger partial charge in [0, 0.05) is 37.1 Å². The van der Waals surface area contributed by atoms with Crippen LogP contribution in [-0.2, 0) is 19.6 Å². The molecule has 0 aliphatic carbocycles. The van der Waals surface area contributed by atoms with E-state index < -0.39 is 0 Å². The SMILES string of the molecule is CC[C@H](C)n1nccc1CNCc1cnn(CCF)c1. The Morgan fingerprint density at radius 1 is 1.35 bits per heavy atom. The molecular formula is C14H22FN5. The van der Waals surface area contributed by atoms with Gasteiger partial charge in [-0.15, -0.1) is 0 Å². The summed E-state index contributed by atoms with van der Waals surface area (Å²) in [5.41, 5.74) is 2.24. The molecule has 5 nitrogen and oxygen atoms in total. The summed E-state index contributed by atoms with van der Waals surface area (Å²) in [5.74, 6) is 0. The number of rotatable bonds is 8. The van der Waals surface area contributed by atoms with Crippen molar-refractivity contribution in [2.45, 2.75) is 45.9 Å². The van der Waals surface area contributed by atoms with Crippen LogP contribution >= 0.6 is 0 Å². The number of alkyl halides is 1. The second kappa shape index (κ2) is 7.19. The van der Waals surface area contributed by atoms with Gasteiger partial charge in [0.2, 0.25) is 0 Å². The third-order valence-corrected chi connectivity index (χ3v) is 3.40. The highest BCUT2D eigenvalue weighted by Gasteiger charge is 2.08. The predicted molar refractivity (Wildman–Crippen MR) is 76.0 cm³/mol. The van der Waals surface area contributed by atoms with Crippen LogP contribution in [0.4, 0.5) is 4.39 Å². The fourth-order valence-electron chi connectivity index (χ4n) is 2.09. The van der Waals surface area contributed by atoms with Crippen molar-refractivity contribution >= 4 is 0 Å². The number of aromatic nitrogens is 4. The van der Waals surface area contributed by atoms with Crippen LogP contribution in [0.5, 0.6) is 0 Å². The van der Waals surface area contributed by atoms with E-state index in [0.29, 0.717) is 12.6 Å². The molecule has 0 aromatic carbocycles. The molecule has 2 aromatic rings. The molecule has 0 aliphatic heterocycles. The van der Waals surface area contributed by atoms with E-state index in [1.807, 2.05) is 18.5 Å². The lowest BCUT2D eigenvalue weighted by Crippen LogP contribution is -2.18. The molecular weight excluding hydrogens is 257 g/mol. The predicted octanol–water partition coefficient (Wildman–Crippen LogP) is 2.31. The molecule has 110 valence electrons. The van der Waals surface area contributed by atoms with Gasteiger partial charge in [-0.05, 0) is 19.4 Å². The molecule has 0 unspecified atom stereocenters. The molecule has 0 saturated carbocycles. The highest BCUT2D eigenvalue weighted by atomic mass is 19.1. The van der Waals surface area contributed by atoms with Gasteiger partial charge in [0.15, 0.2) is 0 Å². The monoisotopic (exact) mass is 279 g/mol. The highest BCUT2D eigenvalue weighted by molar-refractivity contribution is 5.05. The van der Waals surface area contributed by atoms with Crippen molar-refractivity contribution in [3.05, 3.63) is 35.9 Å². The van der Waals surface area contributed by atoms with Crippen molar-refractivity contribution in [3.8, 4) is 0 Å². The highest BCUT2D eigenvalue weighted by Crippen LogP contribution is 2.12. The van der Waals surface area contributed by atoms with Crippen LogP contribution in [0.15, 0.2) is 24.7 Å². The van der Waals surface area contributed by atoms with Crippen molar-refractivity contribution in [2.24, 2.45) is 0 Å². The summed E-state index contributed by atoms with van der Waals surface area (Å²) in [6, 6.07) is 2.44.